The van der Waals surface area contributed by atoms with E-state index in [1.165, 1.54) is 17.6 Å². The number of aliphatic hydroxyl groups is 1. The highest BCUT2D eigenvalue weighted by atomic mass is 16.5. The first kappa shape index (κ1) is 21.3. The molecule has 0 spiro atoms. The van der Waals surface area contributed by atoms with Crippen LogP contribution in [0.3, 0.4) is 0 Å². The van der Waals surface area contributed by atoms with Crippen molar-refractivity contribution < 1.29 is 24.7 Å². The molecule has 1 atom stereocenters. The number of quaternary nitrogens is 1. The topological polar surface area (TPSA) is 99.5 Å². The number of carbonyl (C=O) groups excluding carboxylic acids is 1. The van der Waals surface area contributed by atoms with Crippen molar-refractivity contribution in [2.75, 3.05) is 18.6 Å². The molecule has 156 valence electrons. The van der Waals surface area contributed by atoms with Crippen molar-refractivity contribution in [3.63, 3.8) is 0 Å². The number of amides is 1. The zero-order chi connectivity index (χ0) is 21.7. The van der Waals surface area contributed by atoms with E-state index in [0.717, 1.165) is 17.5 Å². The van der Waals surface area contributed by atoms with Crippen LogP contribution in [0.5, 0.6) is 11.5 Å². The SMILES string of the molecule is COc1cc(N(C=N)C(=O)C2=CC(c3ccc(C)cc3)=C[NH2+]2)ccc1OCC(C)O. The van der Waals surface area contributed by atoms with Gasteiger partial charge in [0.1, 0.15) is 12.8 Å². The van der Waals surface area contributed by atoms with Crippen LogP contribution in [0.2, 0.25) is 0 Å². The second-order valence-electron chi connectivity index (χ2n) is 7.05. The van der Waals surface area contributed by atoms with E-state index in [9.17, 15) is 9.90 Å². The number of aryl methyl sites for hydroxylation is 1. The largest absolute Gasteiger partial charge is 0.493 e. The zero-order valence-electron chi connectivity index (χ0n) is 17.3. The maximum Gasteiger partial charge on any atom is 0.317 e. The highest BCUT2D eigenvalue weighted by Gasteiger charge is 2.26. The molecule has 0 radical (unpaired) electrons. The van der Waals surface area contributed by atoms with Gasteiger partial charge < -0.3 is 14.6 Å². The number of ether oxygens (including phenoxy) is 2. The van der Waals surface area contributed by atoms with Gasteiger partial charge in [-0.05, 0) is 31.5 Å². The van der Waals surface area contributed by atoms with Crippen LogP contribution in [0, 0.1) is 12.3 Å². The number of aliphatic hydroxyl groups excluding tert-OH is 1. The number of hydrogen-bond acceptors (Lipinski definition) is 5. The molecule has 7 nitrogen and oxygen atoms in total. The van der Waals surface area contributed by atoms with Gasteiger partial charge in [-0.1, -0.05) is 29.8 Å². The monoisotopic (exact) mass is 408 g/mol. The van der Waals surface area contributed by atoms with Gasteiger partial charge in [-0.2, -0.15) is 0 Å². The number of benzene rings is 2. The molecule has 0 aliphatic carbocycles. The predicted molar refractivity (Wildman–Crippen MR) is 116 cm³/mol. The van der Waals surface area contributed by atoms with E-state index >= 15 is 0 Å². The van der Waals surface area contributed by atoms with Crippen molar-refractivity contribution in [1.29, 1.82) is 5.41 Å². The first-order chi connectivity index (χ1) is 14.4. The molecule has 0 saturated carbocycles. The summed E-state index contributed by atoms with van der Waals surface area (Å²) in [6.07, 6.45) is 4.08. The average molecular weight is 408 g/mol. The van der Waals surface area contributed by atoms with Crippen LogP contribution in [-0.4, -0.2) is 37.2 Å². The molecule has 1 aliphatic rings. The van der Waals surface area contributed by atoms with Crippen LogP contribution in [0.1, 0.15) is 18.1 Å². The standard InChI is InChI=1S/C23H25N3O4/c1-15-4-6-17(7-5-15)18-10-20(25-12-18)23(28)26(14-24)19-8-9-21(22(11-19)29-3)30-13-16(2)27/h4-12,14,16,24-25,27H,13H2,1-3H3/p+1. The third-order valence-electron chi connectivity index (χ3n) is 4.64. The van der Waals surface area contributed by atoms with Crippen molar-refractivity contribution in [3.05, 3.63) is 71.6 Å². The van der Waals surface area contributed by atoms with Gasteiger partial charge in [-0.25, -0.2) is 0 Å². The number of rotatable bonds is 8. The fraction of sp³-hybridized carbons (Fsp3) is 0.217. The molecule has 2 aromatic rings. The molecule has 1 amide bonds. The van der Waals surface area contributed by atoms with Gasteiger partial charge in [0.15, 0.2) is 11.5 Å². The van der Waals surface area contributed by atoms with Crippen LogP contribution in [0.4, 0.5) is 5.69 Å². The van der Waals surface area contributed by atoms with Gasteiger partial charge in [-0.3, -0.25) is 20.4 Å². The lowest BCUT2D eigenvalue weighted by Crippen LogP contribution is -2.77. The minimum absolute atomic E-state index is 0.123. The van der Waals surface area contributed by atoms with Crippen molar-refractivity contribution >= 4 is 23.5 Å². The van der Waals surface area contributed by atoms with Crippen molar-refractivity contribution in [1.82, 2.24) is 0 Å². The Labute approximate surface area is 175 Å². The van der Waals surface area contributed by atoms with Crippen LogP contribution < -0.4 is 19.7 Å². The molecule has 1 heterocycles. The lowest BCUT2D eigenvalue weighted by Gasteiger charge is -2.19. The number of carbonyl (C=O) groups is 1. The summed E-state index contributed by atoms with van der Waals surface area (Å²) in [5.41, 5.74) is 4.12. The summed E-state index contributed by atoms with van der Waals surface area (Å²) in [5, 5.41) is 18.9. The fourth-order valence-electron chi connectivity index (χ4n) is 3.03. The van der Waals surface area contributed by atoms with E-state index in [0.29, 0.717) is 22.9 Å². The number of anilines is 1. The van der Waals surface area contributed by atoms with Gasteiger partial charge in [0.05, 0.1) is 25.2 Å². The minimum atomic E-state index is -0.617. The quantitative estimate of drug-likeness (QED) is 0.461. The maximum absolute atomic E-state index is 13.0. The molecule has 4 N–H and O–H groups in total. The summed E-state index contributed by atoms with van der Waals surface area (Å²) in [4.78, 5) is 14.3. The number of hydrogen-bond donors (Lipinski definition) is 3. The number of nitrogens with one attached hydrogen (secondary N) is 1. The van der Waals surface area contributed by atoms with Gasteiger partial charge in [0, 0.05) is 17.7 Å². The Hall–Kier alpha value is -3.42. The lowest BCUT2D eigenvalue weighted by atomic mass is 10.1. The molecular weight excluding hydrogens is 382 g/mol. The predicted octanol–water partition coefficient (Wildman–Crippen LogP) is 2.21. The molecule has 0 fully saturated rings. The van der Waals surface area contributed by atoms with Gasteiger partial charge in [-0.15, -0.1) is 0 Å². The molecule has 2 aromatic carbocycles. The Balaban J connectivity index is 1.80. The highest BCUT2D eigenvalue weighted by molar-refractivity contribution is 6.15. The summed E-state index contributed by atoms with van der Waals surface area (Å²) >= 11 is 0. The van der Waals surface area contributed by atoms with Crippen LogP contribution in [-0.2, 0) is 4.79 Å². The van der Waals surface area contributed by atoms with Crippen LogP contribution in [0.15, 0.2) is 60.4 Å². The summed E-state index contributed by atoms with van der Waals surface area (Å²) in [5.74, 6) is 0.549. The first-order valence-corrected chi connectivity index (χ1v) is 9.59. The average Bonchev–Trinajstić information content (AvgIpc) is 3.23. The number of allylic oxidation sites excluding steroid dienone is 2. The molecule has 0 aromatic heterocycles. The summed E-state index contributed by atoms with van der Waals surface area (Å²) in [7, 11) is 1.50. The molecular formula is C23H26N3O4+. The lowest BCUT2D eigenvalue weighted by molar-refractivity contribution is -0.523. The van der Waals surface area contributed by atoms with Crippen LogP contribution in [0.25, 0.3) is 5.57 Å². The van der Waals surface area contributed by atoms with E-state index < -0.39 is 6.10 Å². The van der Waals surface area contributed by atoms with Crippen molar-refractivity contribution in [2.45, 2.75) is 20.0 Å². The maximum atomic E-state index is 13.0. The fourth-order valence-corrected chi connectivity index (χ4v) is 3.03. The Bertz CT molecular complexity index is 994. The van der Waals surface area contributed by atoms with E-state index in [2.05, 4.69) is 0 Å². The highest BCUT2D eigenvalue weighted by Crippen LogP contribution is 2.32. The van der Waals surface area contributed by atoms with Crippen molar-refractivity contribution in [2.24, 2.45) is 0 Å². The van der Waals surface area contributed by atoms with Gasteiger partial charge >= 0.3 is 5.91 Å². The summed E-state index contributed by atoms with van der Waals surface area (Å²) in [6, 6.07) is 13.1. The Kier molecular flexibility index (Phi) is 6.66. The molecule has 0 bridgehead atoms. The number of nitrogens with two attached hydrogens (primary N) is 1. The third-order valence-corrected chi connectivity index (χ3v) is 4.64. The molecule has 0 saturated heterocycles. The van der Waals surface area contributed by atoms with E-state index in [1.807, 2.05) is 43.5 Å². The zero-order valence-corrected chi connectivity index (χ0v) is 17.3. The van der Waals surface area contributed by atoms with Crippen molar-refractivity contribution in [3.8, 4) is 11.5 Å². The molecule has 3 rings (SSSR count). The normalized spacial score (nSPS) is 13.9. The summed E-state index contributed by atoms with van der Waals surface area (Å²) < 4.78 is 10.9. The van der Waals surface area contributed by atoms with Gasteiger partial charge in [0.25, 0.3) is 0 Å². The van der Waals surface area contributed by atoms with Crippen LogP contribution >= 0.6 is 0 Å². The minimum Gasteiger partial charge on any atom is -0.493 e. The number of methoxy groups -OCH3 is 1. The second kappa shape index (κ2) is 9.39. The van der Waals surface area contributed by atoms with Gasteiger partial charge in [0.2, 0.25) is 5.70 Å². The van der Waals surface area contributed by atoms with E-state index in [-0.39, 0.29) is 12.5 Å². The third kappa shape index (κ3) is 4.76. The second-order valence-corrected chi connectivity index (χ2v) is 7.05. The molecule has 30 heavy (non-hydrogen) atoms. The smallest absolute Gasteiger partial charge is 0.317 e. The Morgan fingerprint density at radius 2 is 1.97 bits per heavy atom. The Morgan fingerprint density at radius 3 is 2.60 bits per heavy atom. The molecule has 1 unspecified atom stereocenters. The molecule has 1 aliphatic heterocycles. The number of nitrogens with zero attached hydrogens (tertiary/aromatic N) is 1. The summed E-state index contributed by atoms with van der Waals surface area (Å²) in [6.45, 7) is 3.78. The van der Waals surface area contributed by atoms with E-state index in [1.54, 1.807) is 30.4 Å². The molecule has 7 heteroatoms. The van der Waals surface area contributed by atoms with E-state index in [4.69, 9.17) is 14.9 Å². The first-order valence-electron chi connectivity index (χ1n) is 9.59. The Morgan fingerprint density at radius 1 is 1.23 bits per heavy atom.